The molecule has 0 heterocycles. The van der Waals surface area contributed by atoms with Crippen LogP contribution in [0.1, 0.15) is 13.3 Å². The highest BCUT2D eigenvalue weighted by Gasteiger charge is 2.10. The maximum atomic E-state index is 11.8. The summed E-state index contributed by atoms with van der Waals surface area (Å²) in [7, 11) is 0. The quantitative estimate of drug-likeness (QED) is 0.781. The predicted octanol–water partition coefficient (Wildman–Crippen LogP) is 2.77. The minimum Gasteiger partial charge on any atom is -0.395 e. The lowest BCUT2D eigenvalue weighted by molar-refractivity contribution is -0.131. The number of hydrogen-bond acceptors (Lipinski definition) is 3. The average molecular weight is 332 g/mol. The third kappa shape index (κ3) is 5.00. The smallest absolute Gasteiger partial charge is 0.223 e. The van der Waals surface area contributed by atoms with Crippen LogP contribution in [0, 0.1) is 0 Å². The Bertz CT molecular complexity index is 387. The number of likely N-dealkylation sites (N-methyl/N-ethyl adjacent to an activating group) is 1. The molecule has 5 heteroatoms. The van der Waals surface area contributed by atoms with Gasteiger partial charge in [0.05, 0.1) is 6.61 Å². The first-order valence-electron chi connectivity index (χ1n) is 5.95. The molecule has 0 saturated carbocycles. The van der Waals surface area contributed by atoms with Gasteiger partial charge in [0.15, 0.2) is 0 Å². The number of thioether (sulfide) groups is 1. The number of aliphatic hydroxyl groups excluding tert-OH is 1. The van der Waals surface area contributed by atoms with Crippen molar-refractivity contribution in [3.63, 3.8) is 0 Å². The first-order chi connectivity index (χ1) is 8.69. The summed E-state index contributed by atoms with van der Waals surface area (Å²) < 4.78 is 1.06. The molecule has 0 aliphatic heterocycles. The molecular formula is C13H18BrNO2S. The van der Waals surface area contributed by atoms with Crippen molar-refractivity contribution in [2.45, 2.75) is 18.2 Å². The van der Waals surface area contributed by atoms with E-state index < -0.39 is 0 Å². The van der Waals surface area contributed by atoms with Crippen molar-refractivity contribution in [1.29, 1.82) is 0 Å². The molecule has 0 fully saturated rings. The van der Waals surface area contributed by atoms with Crippen molar-refractivity contribution in [3.05, 3.63) is 28.7 Å². The molecule has 0 saturated heterocycles. The molecular weight excluding hydrogens is 314 g/mol. The fourth-order valence-electron chi connectivity index (χ4n) is 1.55. The molecule has 100 valence electrons. The average Bonchev–Trinajstić information content (AvgIpc) is 2.38. The number of amides is 1. The van der Waals surface area contributed by atoms with E-state index in [2.05, 4.69) is 15.9 Å². The molecule has 1 rings (SSSR count). The fraction of sp³-hybridized carbons (Fsp3) is 0.462. The van der Waals surface area contributed by atoms with Gasteiger partial charge < -0.3 is 10.0 Å². The van der Waals surface area contributed by atoms with Gasteiger partial charge in [-0.25, -0.2) is 0 Å². The van der Waals surface area contributed by atoms with Crippen molar-refractivity contribution in [3.8, 4) is 0 Å². The lowest BCUT2D eigenvalue weighted by Crippen LogP contribution is -2.33. The number of carbonyl (C=O) groups excluding carboxylic acids is 1. The molecule has 1 N–H and O–H groups in total. The van der Waals surface area contributed by atoms with Gasteiger partial charge in [-0.15, -0.1) is 11.8 Å². The molecule has 0 aliphatic carbocycles. The summed E-state index contributed by atoms with van der Waals surface area (Å²) in [5, 5.41) is 8.85. The lowest BCUT2D eigenvalue weighted by atomic mass is 10.4. The van der Waals surface area contributed by atoms with Crippen LogP contribution in [0.25, 0.3) is 0 Å². The van der Waals surface area contributed by atoms with E-state index in [4.69, 9.17) is 5.11 Å². The van der Waals surface area contributed by atoms with Gasteiger partial charge in [0, 0.05) is 34.6 Å². The van der Waals surface area contributed by atoms with E-state index in [0.717, 1.165) is 15.1 Å². The van der Waals surface area contributed by atoms with E-state index in [-0.39, 0.29) is 12.5 Å². The highest BCUT2D eigenvalue weighted by molar-refractivity contribution is 9.10. The monoisotopic (exact) mass is 331 g/mol. The summed E-state index contributed by atoms with van der Waals surface area (Å²) in [6, 6.07) is 7.98. The van der Waals surface area contributed by atoms with Crippen LogP contribution >= 0.6 is 27.7 Å². The Morgan fingerprint density at radius 3 is 2.78 bits per heavy atom. The van der Waals surface area contributed by atoms with Gasteiger partial charge in [0.1, 0.15) is 0 Å². The molecule has 0 spiro atoms. The molecule has 18 heavy (non-hydrogen) atoms. The minimum absolute atomic E-state index is 0.0248. The van der Waals surface area contributed by atoms with E-state index in [1.54, 1.807) is 16.7 Å². The summed E-state index contributed by atoms with van der Waals surface area (Å²) >= 11 is 5.15. The van der Waals surface area contributed by atoms with Gasteiger partial charge in [-0.1, -0.05) is 12.1 Å². The molecule has 1 aromatic rings. The number of halogens is 1. The zero-order chi connectivity index (χ0) is 13.4. The third-order valence-corrected chi connectivity index (χ3v) is 4.54. The first-order valence-corrected chi connectivity index (χ1v) is 7.72. The molecule has 0 bridgehead atoms. The highest BCUT2D eigenvalue weighted by Crippen LogP contribution is 2.27. The van der Waals surface area contributed by atoms with Crippen LogP contribution < -0.4 is 0 Å². The van der Waals surface area contributed by atoms with Crippen LogP contribution in [0.15, 0.2) is 33.6 Å². The summed E-state index contributed by atoms with van der Waals surface area (Å²) in [5.41, 5.74) is 0. The summed E-state index contributed by atoms with van der Waals surface area (Å²) in [6.45, 7) is 3.03. The maximum absolute atomic E-state index is 11.8. The Hall–Kier alpha value is -0.520. The SMILES string of the molecule is CCN(CCO)C(=O)CCSc1ccccc1Br. The second-order valence-electron chi connectivity index (χ2n) is 3.73. The minimum atomic E-state index is 0.0248. The summed E-state index contributed by atoms with van der Waals surface area (Å²) in [5.74, 6) is 0.856. The van der Waals surface area contributed by atoms with E-state index in [0.29, 0.717) is 19.5 Å². The van der Waals surface area contributed by atoms with Crippen LogP contribution in [0.4, 0.5) is 0 Å². The molecule has 0 aromatic heterocycles. The molecule has 0 aliphatic rings. The van der Waals surface area contributed by atoms with E-state index in [1.807, 2.05) is 31.2 Å². The Balaban J connectivity index is 2.37. The fourth-order valence-corrected chi connectivity index (χ4v) is 3.05. The lowest BCUT2D eigenvalue weighted by Gasteiger charge is -2.19. The predicted molar refractivity (Wildman–Crippen MR) is 78.8 cm³/mol. The van der Waals surface area contributed by atoms with E-state index in [9.17, 15) is 4.79 Å². The molecule has 1 amide bonds. The highest BCUT2D eigenvalue weighted by atomic mass is 79.9. The van der Waals surface area contributed by atoms with Crippen LogP contribution in [0.3, 0.4) is 0 Å². The van der Waals surface area contributed by atoms with Crippen LogP contribution in [-0.2, 0) is 4.79 Å². The standard InChI is InChI=1S/C13H18BrNO2S/c1-2-15(8-9-16)13(17)7-10-18-12-6-4-3-5-11(12)14/h3-6,16H,2,7-10H2,1H3. The normalized spacial score (nSPS) is 10.4. The molecule has 0 unspecified atom stereocenters. The number of carbonyl (C=O) groups is 1. The largest absolute Gasteiger partial charge is 0.395 e. The Kier molecular flexibility index (Phi) is 7.39. The van der Waals surface area contributed by atoms with Crippen LogP contribution in [0.5, 0.6) is 0 Å². The van der Waals surface area contributed by atoms with Gasteiger partial charge in [0.2, 0.25) is 5.91 Å². The number of nitrogens with zero attached hydrogens (tertiary/aromatic N) is 1. The van der Waals surface area contributed by atoms with Gasteiger partial charge in [0.25, 0.3) is 0 Å². The van der Waals surface area contributed by atoms with Crippen molar-refractivity contribution in [2.75, 3.05) is 25.4 Å². The first kappa shape index (κ1) is 15.5. The van der Waals surface area contributed by atoms with E-state index in [1.165, 1.54) is 0 Å². The zero-order valence-corrected chi connectivity index (χ0v) is 12.8. The van der Waals surface area contributed by atoms with Crippen LogP contribution in [-0.4, -0.2) is 41.4 Å². The van der Waals surface area contributed by atoms with Crippen molar-refractivity contribution in [1.82, 2.24) is 4.90 Å². The second kappa shape index (κ2) is 8.56. The third-order valence-electron chi connectivity index (χ3n) is 2.51. The number of rotatable bonds is 7. The topological polar surface area (TPSA) is 40.5 Å². The van der Waals surface area contributed by atoms with Gasteiger partial charge in [-0.2, -0.15) is 0 Å². The Labute approximate surface area is 121 Å². The van der Waals surface area contributed by atoms with Crippen molar-refractivity contribution < 1.29 is 9.90 Å². The molecule has 0 atom stereocenters. The maximum Gasteiger partial charge on any atom is 0.223 e. The Morgan fingerprint density at radius 2 is 2.17 bits per heavy atom. The number of benzene rings is 1. The number of aliphatic hydroxyl groups is 1. The van der Waals surface area contributed by atoms with Crippen LogP contribution in [0.2, 0.25) is 0 Å². The second-order valence-corrected chi connectivity index (χ2v) is 5.72. The summed E-state index contributed by atoms with van der Waals surface area (Å²) in [6.07, 6.45) is 0.500. The molecule has 0 radical (unpaired) electrons. The van der Waals surface area contributed by atoms with Crippen molar-refractivity contribution >= 4 is 33.6 Å². The van der Waals surface area contributed by atoms with Gasteiger partial charge in [-0.3, -0.25) is 4.79 Å². The molecule has 1 aromatic carbocycles. The Morgan fingerprint density at radius 1 is 1.44 bits per heavy atom. The van der Waals surface area contributed by atoms with Gasteiger partial charge in [-0.05, 0) is 35.0 Å². The van der Waals surface area contributed by atoms with E-state index >= 15 is 0 Å². The van der Waals surface area contributed by atoms with Crippen molar-refractivity contribution in [2.24, 2.45) is 0 Å². The molecule has 3 nitrogen and oxygen atoms in total. The van der Waals surface area contributed by atoms with Gasteiger partial charge >= 0.3 is 0 Å². The number of hydrogen-bond donors (Lipinski definition) is 1. The zero-order valence-electron chi connectivity index (χ0n) is 10.4. The summed E-state index contributed by atoms with van der Waals surface area (Å²) in [4.78, 5) is 14.7.